The maximum Gasteiger partial charge on any atom is 0.159 e. The Morgan fingerprint density at radius 2 is 2.00 bits per heavy atom. The summed E-state index contributed by atoms with van der Waals surface area (Å²) in [6.07, 6.45) is 2.71. The summed E-state index contributed by atoms with van der Waals surface area (Å²) >= 11 is 9.49. The third-order valence-electron chi connectivity index (χ3n) is 2.44. The number of halogens is 2. The normalized spacial score (nSPS) is 12.8. The number of rotatable bonds is 6. The van der Waals surface area contributed by atoms with E-state index in [4.69, 9.17) is 16.3 Å². The zero-order valence-corrected chi connectivity index (χ0v) is 12.8. The average molecular weight is 322 g/mol. The number of nitrogens with zero attached hydrogens (tertiary/aromatic N) is 2. The van der Waals surface area contributed by atoms with Crippen LogP contribution in [0.25, 0.3) is 0 Å². The molecule has 0 saturated heterocycles. The quantitative estimate of drug-likeness (QED) is 0.731. The first kappa shape index (κ1) is 14.9. The molecule has 0 N–H and O–H groups in total. The van der Waals surface area contributed by atoms with Crippen molar-refractivity contribution in [2.45, 2.75) is 46.1 Å². The van der Waals surface area contributed by atoms with Gasteiger partial charge in [0.2, 0.25) is 0 Å². The first-order valence-electron chi connectivity index (χ1n) is 5.97. The number of aryl methyl sites for hydroxylation is 1. The van der Waals surface area contributed by atoms with Crippen molar-refractivity contribution in [3.05, 3.63) is 21.1 Å². The Bertz CT molecular complexity index is 368. The van der Waals surface area contributed by atoms with Crippen LogP contribution < -0.4 is 0 Å². The number of aromatic nitrogens is 2. The van der Waals surface area contributed by atoms with Gasteiger partial charge in [0, 0.05) is 6.61 Å². The minimum absolute atomic E-state index is 0.0547. The van der Waals surface area contributed by atoms with Gasteiger partial charge in [-0.1, -0.05) is 31.9 Å². The van der Waals surface area contributed by atoms with Gasteiger partial charge < -0.3 is 4.74 Å². The van der Waals surface area contributed by atoms with Crippen LogP contribution in [0.3, 0.4) is 0 Å². The van der Waals surface area contributed by atoms with Crippen molar-refractivity contribution in [2.24, 2.45) is 0 Å². The molecule has 0 aromatic carbocycles. The standard InChI is InChI=1S/C12H18BrClN2O/c1-4-7-9(17-6-3)12-15-8(5-2)10(13)11(14)16-12/h9H,4-7H2,1-3H3. The molecule has 0 radical (unpaired) electrons. The summed E-state index contributed by atoms with van der Waals surface area (Å²) in [5, 5.41) is 0.465. The van der Waals surface area contributed by atoms with Gasteiger partial charge in [-0.15, -0.1) is 0 Å². The van der Waals surface area contributed by atoms with Gasteiger partial charge in [0.15, 0.2) is 5.82 Å². The first-order chi connectivity index (χ1) is 8.13. The highest BCUT2D eigenvalue weighted by Gasteiger charge is 2.17. The minimum Gasteiger partial charge on any atom is -0.371 e. The molecule has 0 aliphatic carbocycles. The van der Waals surface area contributed by atoms with Crippen LogP contribution >= 0.6 is 27.5 Å². The maximum atomic E-state index is 6.09. The van der Waals surface area contributed by atoms with Crippen molar-refractivity contribution in [1.29, 1.82) is 0 Å². The van der Waals surface area contributed by atoms with E-state index in [-0.39, 0.29) is 6.10 Å². The van der Waals surface area contributed by atoms with E-state index in [0.29, 0.717) is 17.6 Å². The number of ether oxygens (including phenoxy) is 1. The largest absolute Gasteiger partial charge is 0.371 e. The lowest BCUT2D eigenvalue weighted by Gasteiger charge is -2.16. The van der Waals surface area contributed by atoms with Gasteiger partial charge in [0.25, 0.3) is 0 Å². The number of hydrogen-bond donors (Lipinski definition) is 0. The molecule has 5 heteroatoms. The van der Waals surface area contributed by atoms with E-state index < -0.39 is 0 Å². The van der Waals surface area contributed by atoms with E-state index in [0.717, 1.165) is 29.4 Å². The molecule has 1 aromatic rings. The Morgan fingerprint density at radius 1 is 1.29 bits per heavy atom. The third kappa shape index (κ3) is 3.90. The predicted octanol–water partition coefficient (Wildman–Crippen LogP) is 4.33. The van der Waals surface area contributed by atoms with Gasteiger partial charge in [0.05, 0.1) is 10.2 Å². The molecule has 0 spiro atoms. The highest BCUT2D eigenvalue weighted by molar-refractivity contribution is 9.10. The van der Waals surface area contributed by atoms with Crippen LogP contribution in [0, 0.1) is 0 Å². The van der Waals surface area contributed by atoms with Gasteiger partial charge in [-0.3, -0.25) is 0 Å². The fraction of sp³-hybridized carbons (Fsp3) is 0.667. The van der Waals surface area contributed by atoms with E-state index in [2.05, 4.69) is 32.8 Å². The smallest absolute Gasteiger partial charge is 0.159 e. The second-order valence-electron chi connectivity index (χ2n) is 3.72. The molecule has 17 heavy (non-hydrogen) atoms. The van der Waals surface area contributed by atoms with Gasteiger partial charge >= 0.3 is 0 Å². The van der Waals surface area contributed by atoms with Crippen LogP contribution in [0.4, 0.5) is 0 Å². The number of hydrogen-bond acceptors (Lipinski definition) is 3. The zero-order chi connectivity index (χ0) is 12.8. The summed E-state index contributed by atoms with van der Waals surface area (Å²) in [6, 6.07) is 0. The lowest BCUT2D eigenvalue weighted by molar-refractivity contribution is 0.0492. The molecule has 96 valence electrons. The van der Waals surface area contributed by atoms with E-state index in [9.17, 15) is 0 Å². The molecule has 0 aliphatic rings. The van der Waals surface area contributed by atoms with Crippen molar-refractivity contribution in [2.75, 3.05) is 6.61 Å². The summed E-state index contributed by atoms with van der Waals surface area (Å²) in [4.78, 5) is 8.82. The Kier molecular flexibility index (Phi) is 6.38. The van der Waals surface area contributed by atoms with Gasteiger partial charge in [-0.25, -0.2) is 9.97 Å². The second kappa shape index (κ2) is 7.29. The van der Waals surface area contributed by atoms with Crippen molar-refractivity contribution < 1.29 is 4.74 Å². The molecular formula is C12H18BrClN2O. The summed E-state index contributed by atoms with van der Waals surface area (Å²) in [5.41, 5.74) is 0.931. The highest BCUT2D eigenvalue weighted by Crippen LogP contribution is 2.28. The summed E-state index contributed by atoms with van der Waals surface area (Å²) in [5.74, 6) is 0.693. The topological polar surface area (TPSA) is 35.0 Å². The van der Waals surface area contributed by atoms with Gasteiger partial charge in [-0.2, -0.15) is 0 Å². The lowest BCUT2D eigenvalue weighted by Crippen LogP contribution is -2.11. The van der Waals surface area contributed by atoms with Crippen molar-refractivity contribution in [3.8, 4) is 0 Å². The Balaban J connectivity index is 3.06. The third-order valence-corrected chi connectivity index (χ3v) is 3.77. The van der Waals surface area contributed by atoms with E-state index in [1.807, 2.05) is 13.8 Å². The van der Waals surface area contributed by atoms with Gasteiger partial charge in [-0.05, 0) is 35.7 Å². The SMILES string of the molecule is CCCC(OCC)c1nc(Cl)c(Br)c(CC)n1. The van der Waals surface area contributed by atoms with Crippen LogP contribution in [-0.4, -0.2) is 16.6 Å². The molecule has 0 bridgehead atoms. The maximum absolute atomic E-state index is 6.09. The van der Waals surface area contributed by atoms with Gasteiger partial charge in [0.1, 0.15) is 11.3 Å². The molecule has 1 aromatic heterocycles. The average Bonchev–Trinajstić information content (AvgIpc) is 2.32. The van der Waals surface area contributed by atoms with Crippen molar-refractivity contribution in [3.63, 3.8) is 0 Å². The summed E-state index contributed by atoms with van der Waals surface area (Å²) < 4.78 is 6.45. The van der Waals surface area contributed by atoms with Crippen LogP contribution in [0.5, 0.6) is 0 Å². The van der Waals surface area contributed by atoms with E-state index in [1.54, 1.807) is 0 Å². The molecule has 0 amide bonds. The van der Waals surface area contributed by atoms with E-state index in [1.165, 1.54) is 0 Å². The second-order valence-corrected chi connectivity index (χ2v) is 4.87. The Labute approximate surface area is 116 Å². The molecule has 0 saturated carbocycles. The fourth-order valence-electron chi connectivity index (χ4n) is 1.61. The molecule has 3 nitrogen and oxygen atoms in total. The lowest BCUT2D eigenvalue weighted by atomic mass is 10.2. The first-order valence-corrected chi connectivity index (χ1v) is 7.14. The monoisotopic (exact) mass is 320 g/mol. The van der Waals surface area contributed by atoms with Crippen LogP contribution in [0.15, 0.2) is 4.47 Å². The molecule has 0 aliphatic heterocycles. The van der Waals surface area contributed by atoms with Crippen LogP contribution in [0.1, 0.15) is 51.2 Å². The predicted molar refractivity (Wildman–Crippen MR) is 73.4 cm³/mol. The van der Waals surface area contributed by atoms with E-state index >= 15 is 0 Å². The molecule has 1 heterocycles. The summed E-state index contributed by atoms with van der Waals surface area (Å²) in [7, 11) is 0. The van der Waals surface area contributed by atoms with Crippen LogP contribution in [0.2, 0.25) is 5.15 Å². The molecule has 0 fully saturated rings. The molecule has 1 rings (SSSR count). The summed E-state index contributed by atoms with van der Waals surface area (Å²) in [6.45, 7) is 6.79. The zero-order valence-electron chi connectivity index (χ0n) is 10.5. The minimum atomic E-state index is -0.0547. The van der Waals surface area contributed by atoms with Crippen LogP contribution in [-0.2, 0) is 11.2 Å². The highest BCUT2D eigenvalue weighted by atomic mass is 79.9. The van der Waals surface area contributed by atoms with Crippen molar-refractivity contribution in [1.82, 2.24) is 9.97 Å². The van der Waals surface area contributed by atoms with Crippen molar-refractivity contribution >= 4 is 27.5 Å². The Morgan fingerprint density at radius 3 is 2.53 bits per heavy atom. The molecular weight excluding hydrogens is 304 g/mol. The fourth-order valence-corrected chi connectivity index (χ4v) is 2.26. The molecule has 1 atom stereocenters. The molecule has 1 unspecified atom stereocenters. The Hall–Kier alpha value is -0.190.